The Morgan fingerprint density at radius 2 is 2.27 bits per heavy atom. The molecule has 0 bridgehead atoms. The minimum atomic E-state index is -3.54. The summed E-state index contributed by atoms with van der Waals surface area (Å²) < 4.78 is 27.3. The third-order valence-corrected chi connectivity index (χ3v) is 5.62. The molecule has 2 N–H and O–H groups in total. The third-order valence-electron chi connectivity index (χ3n) is 3.69. The maximum atomic E-state index is 11.8. The summed E-state index contributed by atoms with van der Waals surface area (Å²) in [6.07, 6.45) is 3.10. The highest BCUT2D eigenvalue weighted by Crippen LogP contribution is 2.19. The number of halogens is 1. The third kappa shape index (κ3) is 4.37. The summed E-state index contributed by atoms with van der Waals surface area (Å²) in [5, 5.41) is 10.8. The van der Waals surface area contributed by atoms with Crippen LogP contribution in [-0.2, 0) is 16.8 Å². The van der Waals surface area contributed by atoms with E-state index in [1.807, 2.05) is 4.90 Å². The highest BCUT2D eigenvalue weighted by Gasteiger charge is 2.31. The van der Waals surface area contributed by atoms with Gasteiger partial charge in [-0.15, -0.1) is 0 Å². The second-order valence-electron chi connectivity index (χ2n) is 5.57. The van der Waals surface area contributed by atoms with Gasteiger partial charge >= 0.3 is 0 Å². The smallest absolute Gasteiger partial charge is 0.279 e. The van der Waals surface area contributed by atoms with Gasteiger partial charge in [-0.05, 0) is 12.5 Å². The molecule has 0 aliphatic carbocycles. The summed E-state index contributed by atoms with van der Waals surface area (Å²) in [5.41, 5.74) is 0.892. The molecule has 0 amide bonds. The Kier molecular flexibility index (Phi) is 5.76. The van der Waals surface area contributed by atoms with Gasteiger partial charge < -0.3 is 5.11 Å². The van der Waals surface area contributed by atoms with Crippen molar-refractivity contribution in [2.75, 3.05) is 27.2 Å². The van der Waals surface area contributed by atoms with Gasteiger partial charge in [-0.25, -0.2) is 0 Å². The molecule has 1 aromatic rings. The highest BCUT2D eigenvalue weighted by atomic mass is 35.5. The van der Waals surface area contributed by atoms with Crippen LogP contribution in [0.25, 0.3) is 0 Å². The number of aliphatic hydroxyl groups is 1. The molecule has 0 saturated carbocycles. The van der Waals surface area contributed by atoms with Crippen LogP contribution in [0.2, 0.25) is 5.02 Å². The highest BCUT2D eigenvalue weighted by molar-refractivity contribution is 7.87. The van der Waals surface area contributed by atoms with Crippen LogP contribution in [0.3, 0.4) is 0 Å². The maximum Gasteiger partial charge on any atom is 0.279 e. The number of hydrogen-bond donors (Lipinski definition) is 2. The molecule has 1 aliphatic heterocycles. The van der Waals surface area contributed by atoms with E-state index in [0.29, 0.717) is 31.1 Å². The number of hydrogen-bond acceptors (Lipinski definition) is 5. The van der Waals surface area contributed by atoms with Gasteiger partial charge in [0.25, 0.3) is 10.2 Å². The van der Waals surface area contributed by atoms with Crippen molar-refractivity contribution in [2.45, 2.75) is 25.1 Å². The average molecular weight is 349 g/mol. The number of nitrogens with zero attached hydrogens (tertiary/aromatic N) is 3. The molecular formula is C13H21ClN4O3S. The van der Waals surface area contributed by atoms with Crippen LogP contribution in [0.15, 0.2) is 18.5 Å². The number of nitrogens with one attached hydrogen (secondary N) is 1. The summed E-state index contributed by atoms with van der Waals surface area (Å²) in [7, 11) is -0.635. The van der Waals surface area contributed by atoms with Crippen molar-refractivity contribution in [1.82, 2.24) is 18.9 Å². The number of piperidine rings is 1. The van der Waals surface area contributed by atoms with Crippen molar-refractivity contribution in [3.63, 3.8) is 0 Å². The van der Waals surface area contributed by atoms with Gasteiger partial charge in [-0.3, -0.25) is 9.88 Å². The molecule has 1 fully saturated rings. The van der Waals surface area contributed by atoms with Crippen LogP contribution in [0.4, 0.5) is 0 Å². The van der Waals surface area contributed by atoms with E-state index in [-0.39, 0.29) is 0 Å². The molecule has 1 aliphatic rings. The first-order valence-corrected chi connectivity index (χ1v) is 8.80. The number of pyridine rings is 1. The van der Waals surface area contributed by atoms with E-state index in [1.165, 1.54) is 14.1 Å². The van der Waals surface area contributed by atoms with Crippen molar-refractivity contribution < 1.29 is 13.5 Å². The molecule has 9 heteroatoms. The van der Waals surface area contributed by atoms with Gasteiger partial charge in [-0.1, -0.05) is 11.6 Å². The minimum Gasteiger partial charge on any atom is -0.390 e. The molecule has 7 nitrogen and oxygen atoms in total. The number of β-amino-alcohol motifs (C(OH)–C–C–N with tert-alkyl or cyclic N) is 1. The molecule has 2 heterocycles. The largest absolute Gasteiger partial charge is 0.390 e. The van der Waals surface area contributed by atoms with Gasteiger partial charge in [0.1, 0.15) is 0 Å². The van der Waals surface area contributed by atoms with E-state index in [1.54, 1.807) is 18.5 Å². The lowest BCUT2D eigenvalue weighted by Crippen LogP contribution is -2.55. The first-order chi connectivity index (χ1) is 10.3. The Balaban J connectivity index is 1.94. The number of rotatable bonds is 5. The van der Waals surface area contributed by atoms with Gasteiger partial charge in [0.2, 0.25) is 0 Å². The van der Waals surface area contributed by atoms with Gasteiger partial charge in [-0.2, -0.15) is 17.4 Å². The molecule has 1 aromatic heterocycles. The van der Waals surface area contributed by atoms with E-state index < -0.39 is 22.4 Å². The van der Waals surface area contributed by atoms with E-state index in [0.717, 1.165) is 9.87 Å². The van der Waals surface area contributed by atoms with Crippen LogP contribution in [0.1, 0.15) is 12.0 Å². The molecule has 0 unspecified atom stereocenters. The van der Waals surface area contributed by atoms with E-state index in [2.05, 4.69) is 9.71 Å². The fraction of sp³-hybridized carbons (Fsp3) is 0.615. The van der Waals surface area contributed by atoms with Crippen molar-refractivity contribution >= 4 is 21.8 Å². The van der Waals surface area contributed by atoms with Crippen LogP contribution >= 0.6 is 11.6 Å². The van der Waals surface area contributed by atoms with Crippen LogP contribution in [-0.4, -0.2) is 67.0 Å². The van der Waals surface area contributed by atoms with Crippen molar-refractivity contribution in [3.8, 4) is 0 Å². The lowest BCUT2D eigenvalue weighted by molar-refractivity contribution is 0.0441. The summed E-state index contributed by atoms with van der Waals surface area (Å²) in [5.74, 6) is 0. The zero-order chi connectivity index (χ0) is 16.3. The van der Waals surface area contributed by atoms with Crippen molar-refractivity contribution in [2.24, 2.45) is 0 Å². The quantitative estimate of drug-likeness (QED) is 0.786. The Hall–Kier alpha value is -0.770. The molecule has 2 atom stereocenters. The van der Waals surface area contributed by atoms with Crippen LogP contribution < -0.4 is 4.72 Å². The second-order valence-corrected chi connectivity index (χ2v) is 7.89. The standard InChI is InChI=1S/C13H21ClN4O3S/c1-17(2)22(20,21)16-12-4-6-18(9-13(12)19)8-10-7-15-5-3-11(10)14/h3,5,7,12-13,16,19H,4,6,8-9H2,1-2H3/t12-,13-/m1/s1. The Labute approximate surface area is 136 Å². The van der Waals surface area contributed by atoms with E-state index in [9.17, 15) is 13.5 Å². The summed E-state index contributed by atoms with van der Waals surface area (Å²) in [6.45, 7) is 1.63. The molecule has 2 rings (SSSR count). The fourth-order valence-electron chi connectivity index (χ4n) is 2.34. The lowest BCUT2D eigenvalue weighted by atomic mass is 10.0. The predicted molar refractivity (Wildman–Crippen MR) is 84.7 cm³/mol. The molecule has 0 spiro atoms. The van der Waals surface area contributed by atoms with Gasteiger partial charge in [0.05, 0.1) is 12.1 Å². The summed E-state index contributed by atoms with van der Waals surface area (Å²) in [4.78, 5) is 6.08. The zero-order valence-corrected chi connectivity index (χ0v) is 14.2. The van der Waals surface area contributed by atoms with Crippen molar-refractivity contribution in [3.05, 3.63) is 29.0 Å². The summed E-state index contributed by atoms with van der Waals surface area (Å²) >= 11 is 6.10. The molecule has 0 aromatic carbocycles. The summed E-state index contributed by atoms with van der Waals surface area (Å²) in [6, 6.07) is 1.25. The maximum absolute atomic E-state index is 11.8. The Morgan fingerprint density at radius 1 is 1.55 bits per heavy atom. The molecule has 0 radical (unpaired) electrons. The fourth-order valence-corrected chi connectivity index (χ4v) is 3.38. The minimum absolute atomic E-state index is 0.381. The van der Waals surface area contributed by atoms with Crippen LogP contribution in [0.5, 0.6) is 0 Å². The Morgan fingerprint density at radius 3 is 2.86 bits per heavy atom. The monoisotopic (exact) mass is 348 g/mol. The average Bonchev–Trinajstić information content (AvgIpc) is 2.44. The Bertz CT molecular complexity index is 611. The van der Waals surface area contributed by atoms with Crippen molar-refractivity contribution in [1.29, 1.82) is 0 Å². The lowest BCUT2D eigenvalue weighted by Gasteiger charge is -2.36. The first-order valence-electron chi connectivity index (χ1n) is 6.98. The SMILES string of the molecule is CN(C)S(=O)(=O)N[C@@H]1CCN(Cc2cnccc2Cl)C[C@H]1O. The van der Waals surface area contributed by atoms with E-state index in [4.69, 9.17) is 11.6 Å². The number of aliphatic hydroxyl groups excluding tert-OH is 1. The topological polar surface area (TPSA) is 85.8 Å². The predicted octanol–water partition coefficient (Wildman–Crippen LogP) is 0.0662. The normalized spacial score (nSPS) is 23.9. The first kappa shape index (κ1) is 17.6. The number of likely N-dealkylation sites (tertiary alicyclic amines) is 1. The van der Waals surface area contributed by atoms with Gasteiger partial charge in [0.15, 0.2) is 0 Å². The zero-order valence-electron chi connectivity index (χ0n) is 12.6. The second kappa shape index (κ2) is 7.20. The van der Waals surface area contributed by atoms with Crippen LogP contribution in [0, 0.1) is 0 Å². The van der Waals surface area contributed by atoms with Gasteiger partial charge in [0, 0.05) is 56.7 Å². The van der Waals surface area contributed by atoms with E-state index >= 15 is 0 Å². The molecular weight excluding hydrogens is 328 g/mol. The molecule has 124 valence electrons. The molecule has 22 heavy (non-hydrogen) atoms. The molecule has 1 saturated heterocycles. The number of aromatic nitrogens is 1.